The second kappa shape index (κ2) is 7.84. The molecule has 0 aromatic heterocycles. The van der Waals surface area contributed by atoms with Gasteiger partial charge in [0.1, 0.15) is 6.63 Å². The van der Waals surface area contributed by atoms with Gasteiger partial charge in [0.05, 0.1) is 0 Å². The van der Waals surface area contributed by atoms with Crippen LogP contribution in [0.3, 0.4) is 0 Å². The van der Waals surface area contributed by atoms with E-state index < -0.39 is 6.63 Å². The van der Waals surface area contributed by atoms with Crippen LogP contribution < -0.4 is 10.2 Å². The number of halogens is 2. The van der Waals surface area contributed by atoms with Gasteiger partial charge >= 0.3 is 0 Å². The molecule has 3 aromatic carbocycles. The van der Waals surface area contributed by atoms with Crippen molar-refractivity contribution in [3.63, 3.8) is 0 Å². The molecule has 0 atom stereocenters. The molecule has 0 aliphatic rings. The minimum Gasteiger partial charge on any atom is -0.337 e. The van der Waals surface area contributed by atoms with Crippen molar-refractivity contribution in [1.29, 1.82) is 0 Å². The largest absolute Gasteiger partial charge is 0.337 e. The summed E-state index contributed by atoms with van der Waals surface area (Å²) in [6, 6.07) is 28.8. The Morgan fingerprint density at radius 3 is 1.65 bits per heavy atom. The average molecular weight is 360 g/mol. The lowest BCUT2D eigenvalue weighted by Crippen LogP contribution is -2.20. The first-order chi connectivity index (χ1) is 11.3. The quantitative estimate of drug-likeness (QED) is 0.473. The molecule has 0 aliphatic carbocycles. The van der Waals surface area contributed by atoms with Crippen molar-refractivity contribution >= 4 is 45.8 Å². The number of para-hydroxylation sites is 2. The fourth-order valence-corrected chi connectivity index (χ4v) is 4.08. The highest BCUT2D eigenvalue weighted by molar-refractivity contribution is 8.08. The van der Waals surface area contributed by atoms with Crippen LogP contribution >= 0.6 is 29.1 Å². The Morgan fingerprint density at radius 2 is 1.13 bits per heavy atom. The molecule has 0 amide bonds. The molecule has 0 N–H and O–H groups in total. The fraction of sp³-hybridized carbons (Fsp3) is 0.0526. The van der Waals surface area contributed by atoms with Crippen molar-refractivity contribution in [1.82, 2.24) is 0 Å². The van der Waals surface area contributed by atoms with Crippen molar-refractivity contribution in [3.05, 3.63) is 90.5 Å². The molecule has 116 valence electrons. The van der Waals surface area contributed by atoms with Crippen LogP contribution in [0.5, 0.6) is 0 Å². The van der Waals surface area contributed by atoms with Gasteiger partial charge in [-0.2, -0.15) is 0 Å². The van der Waals surface area contributed by atoms with E-state index in [1.165, 1.54) is 0 Å². The number of hydrogen-bond acceptors (Lipinski definition) is 1. The Kier molecular flexibility index (Phi) is 5.56. The molecule has 3 aromatic rings. The van der Waals surface area contributed by atoms with E-state index in [-0.39, 0.29) is 0 Å². The number of anilines is 2. The molecular weight excluding hydrogens is 344 g/mol. The SMILES string of the molecule is ClP(Cl)c1ccccc1CN(c1ccccc1)c1ccccc1. The zero-order valence-corrected chi connectivity index (χ0v) is 14.8. The highest BCUT2D eigenvalue weighted by Gasteiger charge is 2.15. The minimum absolute atomic E-state index is 0.725. The number of benzene rings is 3. The zero-order valence-electron chi connectivity index (χ0n) is 12.4. The Bertz CT molecular complexity index is 708. The van der Waals surface area contributed by atoms with Crippen LogP contribution in [0.1, 0.15) is 5.56 Å². The van der Waals surface area contributed by atoms with Gasteiger partial charge in [-0.25, -0.2) is 0 Å². The fourth-order valence-electron chi connectivity index (χ4n) is 2.53. The number of rotatable bonds is 5. The van der Waals surface area contributed by atoms with E-state index in [2.05, 4.69) is 35.2 Å². The van der Waals surface area contributed by atoms with E-state index in [0.29, 0.717) is 0 Å². The van der Waals surface area contributed by atoms with Gasteiger partial charge in [-0.3, -0.25) is 0 Å². The summed E-state index contributed by atoms with van der Waals surface area (Å²) in [5.74, 6) is 0. The lowest BCUT2D eigenvalue weighted by atomic mass is 10.1. The maximum Gasteiger partial charge on any atom is 0.117 e. The molecule has 0 heterocycles. The van der Waals surface area contributed by atoms with Crippen molar-refractivity contribution in [2.24, 2.45) is 0 Å². The smallest absolute Gasteiger partial charge is 0.117 e. The topological polar surface area (TPSA) is 3.24 Å². The first-order valence-corrected chi connectivity index (χ1v) is 10.5. The number of hydrogen-bond donors (Lipinski definition) is 0. The van der Waals surface area contributed by atoms with Gasteiger partial charge in [0.25, 0.3) is 0 Å². The van der Waals surface area contributed by atoms with E-state index in [4.69, 9.17) is 22.5 Å². The molecule has 0 fully saturated rings. The van der Waals surface area contributed by atoms with Crippen LogP contribution in [0, 0.1) is 0 Å². The summed E-state index contributed by atoms with van der Waals surface area (Å²) in [6.45, 7) is -0.442. The van der Waals surface area contributed by atoms with E-state index in [1.807, 2.05) is 54.6 Å². The van der Waals surface area contributed by atoms with Gasteiger partial charge in [0.2, 0.25) is 0 Å². The van der Waals surface area contributed by atoms with E-state index in [0.717, 1.165) is 28.8 Å². The molecule has 3 rings (SSSR count). The van der Waals surface area contributed by atoms with E-state index in [1.54, 1.807) is 0 Å². The molecule has 0 spiro atoms. The van der Waals surface area contributed by atoms with Crippen molar-refractivity contribution in [2.45, 2.75) is 6.54 Å². The van der Waals surface area contributed by atoms with Gasteiger partial charge < -0.3 is 4.90 Å². The molecular formula is C19H16Cl2NP. The van der Waals surface area contributed by atoms with Gasteiger partial charge in [0, 0.05) is 23.2 Å². The third kappa shape index (κ3) is 4.06. The second-order valence-corrected chi connectivity index (χ2v) is 8.61. The summed E-state index contributed by atoms with van der Waals surface area (Å²) >= 11 is 12.4. The van der Waals surface area contributed by atoms with Crippen LogP contribution in [0.25, 0.3) is 0 Å². The monoisotopic (exact) mass is 359 g/mol. The third-order valence-electron chi connectivity index (χ3n) is 3.64. The molecule has 0 radical (unpaired) electrons. The maximum absolute atomic E-state index is 6.20. The lowest BCUT2D eigenvalue weighted by molar-refractivity contribution is 0.982. The van der Waals surface area contributed by atoms with Crippen LogP contribution in [0.2, 0.25) is 0 Å². The molecule has 0 unspecified atom stereocenters. The third-order valence-corrected chi connectivity index (χ3v) is 5.53. The molecule has 4 heteroatoms. The summed E-state index contributed by atoms with van der Waals surface area (Å²) in [7, 11) is 0. The normalized spacial score (nSPS) is 10.7. The second-order valence-electron chi connectivity index (χ2n) is 5.12. The molecule has 0 aliphatic heterocycles. The summed E-state index contributed by atoms with van der Waals surface area (Å²) in [5.41, 5.74) is 3.43. The Labute approximate surface area is 147 Å². The Morgan fingerprint density at radius 1 is 0.652 bits per heavy atom. The summed E-state index contributed by atoms with van der Waals surface area (Å²) < 4.78 is 0. The standard InChI is InChI=1S/C19H16Cl2NP/c20-23(21)19-14-8-7-9-16(19)15-22(17-10-3-1-4-11-17)18-12-5-2-6-13-18/h1-14H,15H2. The predicted molar refractivity (Wildman–Crippen MR) is 103 cm³/mol. The van der Waals surface area contributed by atoms with Gasteiger partial charge in [-0.15, -0.1) is 0 Å². The molecule has 23 heavy (non-hydrogen) atoms. The van der Waals surface area contributed by atoms with Crippen LogP contribution in [-0.4, -0.2) is 0 Å². The molecule has 0 bridgehead atoms. The van der Waals surface area contributed by atoms with Crippen LogP contribution in [0.15, 0.2) is 84.9 Å². The Balaban J connectivity index is 2.01. The zero-order chi connectivity index (χ0) is 16.1. The van der Waals surface area contributed by atoms with Crippen LogP contribution in [-0.2, 0) is 6.54 Å². The van der Waals surface area contributed by atoms with Crippen molar-refractivity contribution < 1.29 is 0 Å². The molecule has 0 saturated carbocycles. The highest BCUT2D eigenvalue weighted by Crippen LogP contribution is 2.46. The predicted octanol–water partition coefficient (Wildman–Crippen LogP) is 6.44. The van der Waals surface area contributed by atoms with Crippen molar-refractivity contribution in [3.8, 4) is 0 Å². The number of nitrogens with zero attached hydrogens (tertiary/aromatic N) is 1. The molecule has 0 saturated heterocycles. The van der Waals surface area contributed by atoms with Gasteiger partial charge in [-0.05, 0) is 29.8 Å². The van der Waals surface area contributed by atoms with Gasteiger partial charge in [-0.1, -0.05) is 83.1 Å². The van der Waals surface area contributed by atoms with Crippen LogP contribution in [0.4, 0.5) is 11.4 Å². The molecule has 1 nitrogen and oxygen atoms in total. The first-order valence-electron chi connectivity index (χ1n) is 7.33. The highest BCUT2D eigenvalue weighted by atomic mass is 35.9. The first kappa shape index (κ1) is 16.3. The Hall–Kier alpha value is -1.53. The minimum atomic E-state index is -1.17. The maximum atomic E-state index is 6.20. The summed E-state index contributed by atoms with van der Waals surface area (Å²) in [6.07, 6.45) is 0. The van der Waals surface area contributed by atoms with Gasteiger partial charge in [0.15, 0.2) is 0 Å². The summed E-state index contributed by atoms with van der Waals surface area (Å²) in [4.78, 5) is 2.27. The lowest BCUT2D eigenvalue weighted by Gasteiger charge is -2.26. The average Bonchev–Trinajstić information content (AvgIpc) is 2.61. The summed E-state index contributed by atoms with van der Waals surface area (Å²) in [5, 5.41) is 1.02. The van der Waals surface area contributed by atoms with E-state index in [9.17, 15) is 0 Å². The van der Waals surface area contributed by atoms with Crippen molar-refractivity contribution in [2.75, 3.05) is 4.90 Å². The van der Waals surface area contributed by atoms with E-state index >= 15 is 0 Å².